The molecule has 4 rings (SSSR count). The van der Waals surface area contributed by atoms with Gasteiger partial charge in [0.2, 0.25) is 0 Å². The second-order valence-corrected chi connectivity index (χ2v) is 6.74. The van der Waals surface area contributed by atoms with Gasteiger partial charge in [0, 0.05) is 49.9 Å². The van der Waals surface area contributed by atoms with Crippen LogP contribution in [0.4, 0.5) is 0 Å². The van der Waals surface area contributed by atoms with Crippen LogP contribution in [0.3, 0.4) is 0 Å². The number of imidazole rings is 1. The fraction of sp³-hybridized carbons (Fsp3) is 0.278. The van der Waals surface area contributed by atoms with Gasteiger partial charge in [0.05, 0.1) is 23.3 Å². The maximum atomic E-state index is 12.6. The number of nitrogens with zero attached hydrogens (tertiary/aromatic N) is 4. The summed E-state index contributed by atoms with van der Waals surface area (Å²) < 4.78 is 2.00. The van der Waals surface area contributed by atoms with E-state index >= 15 is 0 Å². The van der Waals surface area contributed by atoms with Crippen molar-refractivity contribution in [1.29, 1.82) is 0 Å². The topological polar surface area (TPSA) is 66.8 Å². The molecule has 128 valence electrons. The summed E-state index contributed by atoms with van der Waals surface area (Å²) in [4.78, 5) is 26.6. The van der Waals surface area contributed by atoms with E-state index in [-0.39, 0.29) is 5.56 Å². The molecule has 25 heavy (non-hydrogen) atoms. The highest BCUT2D eigenvalue weighted by atomic mass is 35.5. The molecule has 1 aliphatic heterocycles. The zero-order valence-corrected chi connectivity index (χ0v) is 14.6. The Morgan fingerprint density at radius 2 is 2.08 bits per heavy atom. The van der Waals surface area contributed by atoms with Crippen LogP contribution in [0.25, 0.3) is 11.4 Å². The first kappa shape index (κ1) is 16.1. The van der Waals surface area contributed by atoms with E-state index in [0.717, 1.165) is 42.0 Å². The molecule has 7 heteroatoms. The van der Waals surface area contributed by atoms with Crippen LogP contribution in [0.2, 0.25) is 5.02 Å². The number of halogens is 1. The Labute approximate surface area is 150 Å². The molecule has 0 saturated heterocycles. The summed E-state index contributed by atoms with van der Waals surface area (Å²) in [5.74, 6) is 0.598. The van der Waals surface area contributed by atoms with Crippen LogP contribution in [0.5, 0.6) is 0 Å². The molecule has 0 fully saturated rings. The molecule has 0 amide bonds. The Morgan fingerprint density at radius 3 is 2.80 bits per heavy atom. The minimum atomic E-state index is -0.0651. The first-order chi connectivity index (χ1) is 12.1. The predicted octanol–water partition coefficient (Wildman–Crippen LogP) is 2.38. The molecule has 0 aliphatic carbocycles. The first-order valence-corrected chi connectivity index (χ1v) is 8.53. The molecule has 3 heterocycles. The van der Waals surface area contributed by atoms with Gasteiger partial charge in [0.1, 0.15) is 5.82 Å². The molecule has 0 unspecified atom stereocenters. The molecule has 0 atom stereocenters. The maximum Gasteiger partial charge on any atom is 0.255 e. The number of aromatic nitrogens is 4. The van der Waals surface area contributed by atoms with Gasteiger partial charge in [0.15, 0.2) is 0 Å². The van der Waals surface area contributed by atoms with Crippen LogP contribution in [-0.4, -0.2) is 31.0 Å². The Hall–Kier alpha value is -2.44. The normalized spacial score (nSPS) is 14.5. The third kappa shape index (κ3) is 3.23. The minimum Gasteiger partial charge on any atom is -0.337 e. The van der Waals surface area contributed by atoms with Crippen molar-refractivity contribution in [3.63, 3.8) is 0 Å². The number of aromatic amines is 1. The zero-order chi connectivity index (χ0) is 17.4. The summed E-state index contributed by atoms with van der Waals surface area (Å²) in [6.45, 7) is 2.24. The van der Waals surface area contributed by atoms with Gasteiger partial charge in [-0.05, 0) is 24.3 Å². The van der Waals surface area contributed by atoms with Crippen molar-refractivity contribution >= 4 is 11.6 Å². The van der Waals surface area contributed by atoms with Crippen LogP contribution in [-0.2, 0) is 26.6 Å². The number of hydrogen-bond donors (Lipinski definition) is 1. The smallest absolute Gasteiger partial charge is 0.255 e. The number of rotatable bonds is 3. The highest BCUT2D eigenvalue weighted by Gasteiger charge is 2.22. The summed E-state index contributed by atoms with van der Waals surface area (Å²) in [6, 6.07) is 7.33. The highest BCUT2D eigenvalue weighted by Crippen LogP contribution is 2.21. The summed E-state index contributed by atoms with van der Waals surface area (Å²) in [6.07, 6.45) is 4.42. The van der Waals surface area contributed by atoms with E-state index in [0.29, 0.717) is 17.4 Å². The van der Waals surface area contributed by atoms with Gasteiger partial charge in [0.25, 0.3) is 5.56 Å². The molecular weight excluding hydrogens is 338 g/mol. The molecule has 0 saturated carbocycles. The number of hydrogen-bond acceptors (Lipinski definition) is 4. The molecule has 6 nitrogen and oxygen atoms in total. The Bertz CT molecular complexity index is 960. The number of H-pyrrole nitrogens is 1. The van der Waals surface area contributed by atoms with Gasteiger partial charge in [-0.1, -0.05) is 11.6 Å². The highest BCUT2D eigenvalue weighted by molar-refractivity contribution is 6.30. The van der Waals surface area contributed by atoms with Crippen molar-refractivity contribution in [2.75, 3.05) is 6.54 Å². The van der Waals surface area contributed by atoms with Crippen molar-refractivity contribution in [2.45, 2.75) is 19.5 Å². The van der Waals surface area contributed by atoms with Gasteiger partial charge in [-0.25, -0.2) is 9.97 Å². The fourth-order valence-corrected chi connectivity index (χ4v) is 3.25. The van der Waals surface area contributed by atoms with Crippen LogP contribution in [0, 0.1) is 0 Å². The Morgan fingerprint density at radius 1 is 1.28 bits per heavy atom. The monoisotopic (exact) mass is 355 g/mol. The fourth-order valence-electron chi connectivity index (χ4n) is 3.13. The van der Waals surface area contributed by atoms with Crippen molar-refractivity contribution in [3.8, 4) is 11.4 Å². The minimum absolute atomic E-state index is 0.0651. The van der Waals surface area contributed by atoms with Crippen LogP contribution >= 0.6 is 11.6 Å². The Kier molecular flexibility index (Phi) is 4.15. The molecule has 0 spiro atoms. The van der Waals surface area contributed by atoms with E-state index in [2.05, 4.69) is 19.9 Å². The summed E-state index contributed by atoms with van der Waals surface area (Å²) in [5.41, 5.74) is 3.57. The second kappa shape index (κ2) is 6.46. The number of fused-ring (bicyclic) bond motifs is 1. The van der Waals surface area contributed by atoms with Crippen LogP contribution < -0.4 is 5.56 Å². The van der Waals surface area contributed by atoms with Gasteiger partial charge < -0.3 is 9.55 Å². The number of nitrogens with one attached hydrogen (secondary N) is 1. The van der Waals surface area contributed by atoms with Crippen molar-refractivity contribution in [1.82, 2.24) is 24.4 Å². The van der Waals surface area contributed by atoms with E-state index in [1.807, 2.05) is 29.9 Å². The first-order valence-electron chi connectivity index (χ1n) is 8.16. The van der Waals surface area contributed by atoms with E-state index < -0.39 is 0 Å². The second-order valence-electron chi connectivity index (χ2n) is 6.30. The van der Waals surface area contributed by atoms with E-state index in [1.54, 1.807) is 18.5 Å². The molecule has 1 N–H and O–H groups in total. The lowest BCUT2D eigenvalue weighted by Crippen LogP contribution is -2.35. The quantitative estimate of drug-likeness (QED) is 0.783. The third-order valence-corrected chi connectivity index (χ3v) is 4.82. The molecule has 1 aromatic carbocycles. The van der Waals surface area contributed by atoms with E-state index in [4.69, 9.17) is 11.6 Å². The van der Waals surface area contributed by atoms with E-state index in [9.17, 15) is 4.79 Å². The van der Waals surface area contributed by atoms with Crippen molar-refractivity contribution in [2.24, 2.45) is 7.05 Å². The average Bonchev–Trinajstić information content (AvgIpc) is 3.01. The van der Waals surface area contributed by atoms with Gasteiger partial charge in [-0.15, -0.1) is 0 Å². The van der Waals surface area contributed by atoms with Gasteiger partial charge in [-0.3, -0.25) is 9.69 Å². The summed E-state index contributed by atoms with van der Waals surface area (Å²) in [7, 11) is 1.98. The number of aryl methyl sites for hydroxylation is 1. The Balaban J connectivity index is 1.60. The van der Waals surface area contributed by atoms with Gasteiger partial charge >= 0.3 is 0 Å². The van der Waals surface area contributed by atoms with Crippen LogP contribution in [0.1, 0.15) is 17.0 Å². The molecule has 0 bridgehead atoms. The zero-order valence-electron chi connectivity index (χ0n) is 13.9. The van der Waals surface area contributed by atoms with Crippen molar-refractivity contribution < 1.29 is 0 Å². The molecule has 3 aromatic rings. The largest absolute Gasteiger partial charge is 0.337 e. The SMILES string of the molecule is Cn1cncc1CN1CCc2nc(-c3ccc(Cl)cc3)[nH]c(=O)c2C1. The lowest BCUT2D eigenvalue weighted by atomic mass is 10.1. The third-order valence-electron chi connectivity index (χ3n) is 4.57. The molecule has 0 radical (unpaired) electrons. The predicted molar refractivity (Wildman–Crippen MR) is 96.3 cm³/mol. The van der Waals surface area contributed by atoms with Gasteiger partial charge in [-0.2, -0.15) is 0 Å². The standard InChI is InChI=1S/C18H18ClN5O/c1-23-11-20-8-14(23)9-24-7-6-16-15(10-24)18(25)22-17(21-16)12-2-4-13(19)5-3-12/h2-5,8,11H,6-7,9-10H2,1H3,(H,21,22,25). The lowest BCUT2D eigenvalue weighted by Gasteiger charge is -2.27. The molecular formula is C18H18ClN5O. The maximum absolute atomic E-state index is 12.6. The molecule has 2 aromatic heterocycles. The summed E-state index contributed by atoms with van der Waals surface area (Å²) in [5, 5.41) is 0.662. The van der Waals surface area contributed by atoms with Crippen LogP contribution in [0.15, 0.2) is 41.6 Å². The summed E-state index contributed by atoms with van der Waals surface area (Å²) >= 11 is 5.93. The molecule has 1 aliphatic rings. The lowest BCUT2D eigenvalue weighted by molar-refractivity contribution is 0.236. The average molecular weight is 356 g/mol. The number of benzene rings is 1. The van der Waals surface area contributed by atoms with E-state index in [1.165, 1.54) is 0 Å². The van der Waals surface area contributed by atoms with Crippen molar-refractivity contribution in [3.05, 3.63) is 69.1 Å².